The number of methoxy groups -OCH3 is 1. The highest BCUT2D eigenvalue weighted by Gasteiger charge is 2.36. The Bertz CT molecular complexity index is 940. The largest absolute Gasteiger partial charge is 0.493 e. The van der Waals surface area contributed by atoms with Gasteiger partial charge in [0.1, 0.15) is 6.04 Å². The number of likely N-dealkylation sites (tertiary alicyclic amines) is 1. The second-order valence-corrected chi connectivity index (χ2v) is 8.14. The average molecular weight is 497 g/mol. The normalized spacial score (nSPS) is 15.8. The third-order valence-corrected chi connectivity index (χ3v) is 5.66. The summed E-state index contributed by atoms with van der Waals surface area (Å²) in [4.78, 5) is 29.1. The summed E-state index contributed by atoms with van der Waals surface area (Å²) >= 11 is 3.35. The van der Waals surface area contributed by atoms with Crippen LogP contribution in [0.15, 0.2) is 46.9 Å². The Kier molecular flexibility index (Phi) is 7.48. The Morgan fingerprint density at radius 1 is 1.19 bits per heavy atom. The highest BCUT2D eigenvalue weighted by Crippen LogP contribution is 2.30. The first-order valence-corrected chi connectivity index (χ1v) is 10.5. The fourth-order valence-electron chi connectivity index (χ4n) is 3.64. The Labute approximate surface area is 187 Å². The first kappa shape index (κ1) is 23.0. The van der Waals surface area contributed by atoms with Gasteiger partial charge in [-0.1, -0.05) is 22.0 Å². The minimum Gasteiger partial charge on any atom is -0.493 e. The number of ether oxygens (including phenoxy) is 2. The van der Waals surface area contributed by atoms with Crippen molar-refractivity contribution in [3.05, 3.63) is 58.1 Å². The highest BCUT2D eigenvalue weighted by molar-refractivity contribution is 9.10. The smallest absolute Gasteiger partial charge is 0.387 e. The van der Waals surface area contributed by atoms with Gasteiger partial charge < -0.3 is 19.3 Å². The van der Waals surface area contributed by atoms with E-state index in [4.69, 9.17) is 4.74 Å². The first-order chi connectivity index (χ1) is 14.8. The van der Waals surface area contributed by atoms with Gasteiger partial charge >= 0.3 is 6.61 Å². The van der Waals surface area contributed by atoms with E-state index in [1.54, 1.807) is 42.3 Å². The van der Waals surface area contributed by atoms with Crippen molar-refractivity contribution in [2.24, 2.45) is 0 Å². The molecule has 0 bridgehead atoms. The number of nitrogens with zero attached hydrogens (tertiary/aromatic N) is 2. The van der Waals surface area contributed by atoms with Crippen molar-refractivity contribution < 1.29 is 27.8 Å². The Morgan fingerprint density at radius 3 is 2.55 bits per heavy atom. The van der Waals surface area contributed by atoms with Crippen molar-refractivity contribution in [3.8, 4) is 11.5 Å². The fourth-order valence-corrected chi connectivity index (χ4v) is 3.90. The lowest BCUT2D eigenvalue weighted by Gasteiger charge is -2.28. The third kappa shape index (κ3) is 5.52. The molecule has 9 heteroatoms. The van der Waals surface area contributed by atoms with Crippen LogP contribution in [0.3, 0.4) is 0 Å². The lowest BCUT2D eigenvalue weighted by molar-refractivity contribution is -0.134. The molecule has 1 aliphatic rings. The summed E-state index contributed by atoms with van der Waals surface area (Å²) in [5.74, 6) is -0.298. The van der Waals surface area contributed by atoms with Gasteiger partial charge in [0.15, 0.2) is 11.5 Å². The van der Waals surface area contributed by atoms with E-state index in [-0.39, 0.29) is 29.9 Å². The Morgan fingerprint density at radius 2 is 1.90 bits per heavy atom. The molecule has 0 aromatic heterocycles. The fraction of sp³-hybridized carbons (Fsp3) is 0.364. The van der Waals surface area contributed by atoms with Crippen LogP contribution < -0.4 is 9.47 Å². The van der Waals surface area contributed by atoms with Crippen LogP contribution >= 0.6 is 15.9 Å². The monoisotopic (exact) mass is 496 g/mol. The summed E-state index contributed by atoms with van der Waals surface area (Å²) in [7, 11) is 2.99. The molecule has 166 valence electrons. The number of halogens is 3. The quantitative estimate of drug-likeness (QED) is 0.572. The van der Waals surface area contributed by atoms with Crippen LogP contribution in [0.4, 0.5) is 8.78 Å². The first-order valence-electron chi connectivity index (χ1n) is 9.73. The molecule has 6 nitrogen and oxygen atoms in total. The predicted molar refractivity (Wildman–Crippen MR) is 114 cm³/mol. The Balaban J connectivity index is 1.71. The van der Waals surface area contributed by atoms with Gasteiger partial charge in [0.05, 0.1) is 7.11 Å². The number of benzene rings is 2. The zero-order valence-corrected chi connectivity index (χ0v) is 18.8. The minimum absolute atomic E-state index is 0.0937. The predicted octanol–water partition coefficient (Wildman–Crippen LogP) is 4.32. The van der Waals surface area contributed by atoms with Crippen LogP contribution in [0, 0.1) is 0 Å². The van der Waals surface area contributed by atoms with Gasteiger partial charge in [-0.25, -0.2) is 0 Å². The summed E-state index contributed by atoms with van der Waals surface area (Å²) in [5, 5.41) is 0. The molecule has 1 unspecified atom stereocenters. The van der Waals surface area contributed by atoms with Crippen LogP contribution in [-0.2, 0) is 11.3 Å². The zero-order chi connectivity index (χ0) is 22.5. The molecule has 2 aromatic rings. The molecule has 0 radical (unpaired) electrons. The molecule has 0 N–H and O–H groups in total. The maximum Gasteiger partial charge on any atom is 0.387 e. The number of alkyl halides is 2. The molecule has 31 heavy (non-hydrogen) atoms. The van der Waals surface area contributed by atoms with Gasteiger partial charge in [0.2, 0.25) is 5.91 Å². The van der Waals surface area contributed by atoms with Crippen molar-refractivity contribution in [1.29, 1.82) is 0 Å². The van der Waals surface area contributed by atoms with E-state index in [1.165, 1.54) is 24.1 Å². The number of rotatable bonds is 7. The van der Waals surface area contributed by atoms with Gasteiger partial charge in [0, 0.05) is 30.2 Å². The molecular weight excluding hydrogens is 474 g/mol. The van der Waals surface area contributed by atoms with E-state index in [0.29, 0.717) is 24.1 Å². The van der Waals surface area contributed by atoms with Crippen molar-refractivity contribution in [2.75, 3.05) is 20.7 Å². The minimum atomic E-state index is -2.99. The van der Waals surface area contributed by atoms with E-state index in [0.717, 1.165) is 10.9 Å². The SMILES string of the molecule is COc1ccc(CN(C)C(=O)C2CCCN2C(=O)c2ccc(Br)cc2)cc1OC(F)F. The lowest BCUT2D eigenvalue weighted by atomic mass is 10.1. The van der Waals surface area contributed by atoms with Crippen LogP contribution in [0.2, 0.25) is 0 Å². The number of hydrogen-bond acceptors (Lipinski definition) is 4. The van der Waals surface area contributed by atoms with Gasteiger partial charge in [0.25, 0.3) is 5.91 Å². The molecular formula is C22H23BrF2N2O4. The van der Waals surface area contributed by atoms with Gasteiger partial charge in [-0.3, -0.25) is 9.59 Å². The van der Waals surface area contributed by atoms with Crippen LogP contribution in [-0.4, -0.2) is 55.0 Å². The van der Waals surface area contributed by atoms with E-state index in [2.05, 4.69) is 20.7 Å². The van der Waals surface area contributed by atoms with Crippen molar-refractivity contribution in [1.82, 2.24) is 9.80 Å². The number of likely N-dealkylation sites (N-methyl/N-ethyl adjacent to an activating group) is 1. The number of carbonyl (C=O) groups is 2. The zero-order valence-electron chi connectivity index (χ0n) is 17.2. The summed E-state index contributed by atoms with van der Waals surface area (Å²) in [6.07, 6.45) is 1.31. The number of amides is 2. The lowest BCUT2D eigenvalue weighted by Crippen LogP contribution is -2.46. The molecule has 1 fully saturated rings. The average Bonchev–Trinajstić information content (AvgIpc) is 3.23. The van der Waals surface area contributed by atoms with E-state index < -0.39 is 12.7 Å². The van der Waals surface area contributed by atoms with E-state index in [1.807, 2.05) is 0 Å². The molecule has 1 saturated heterocycles. The molecule has 0 aliphatic carbocycles. The van der Waals surface area contributed by atoms with Crippen molar-refractivity contribution in [3.63, 3.8) is 0 Å². The topological polar surface area (TPSA) is 59.1 Å². The maximum absolute atomic E-state index is 13.1. The maximum atomic E-state index is 13.1. The van der Waals surface area contributed by atoms with Crippen molar-refractivity contribution >= 4 is 27.7 Å². The van der Waals surface area contributed by atoms with E-state index in [9.17, 15) is 18.4 Å². The van der Waals surface area contributed by atoms with Gasteiger partial charge in [-0.05, 0) is 54.8 Å². The van der Waals surface area contributed by atoms with Crippen LogP contribution in [0.1, 0.15) is 28.8 Å². The van der Waals surface area contributed by atoms with Crippen LogP contribution in [0.25, 0.3) is 0 Å². The molecule has 0 spiro atoms. The molecule has 0 saturated carbocycles. The molecule has 3 rings (SSSR count). The second kappa shape index (κ2) is 10.1. The van der Waals surface area contributed by atoms with Crippen LogP contribution in [0.5, 0.6) is 11.5 Å². The standard InChI is InChI=1S/C22H23BrF2N2O4/c1-26(13-14-5-10-18(30-2)19(12-14)31-22(24)25)21(29)17-4-3-11-27(17)20(28)15-6-8-16(23)9-7-15/h5-10,12,17,22H,3-4,11,13H2,1-2H3. The third-order valence-electron chi connectivity index (χ3n) is 5.13. The second-order valence-electron chi connectivity index (χ2n) is 7.22. The number of carbonyl (C=O) groups excluding carboxylic acids is 2. The van der Waals surface area contributed by atoms with Gasteiger partial charge in [-0.15, -0.1) is 0 Å². The van der Waals surface area contributed by atoms with Crippen molar-refractivity contribution in [2.45, 2.75) is 32.0 Å². The molecule has 1 heterocycles. The highest BCUT2D eigenvalue weighted by atomic mass is 79.9. The summed E-state index contributed by atoms with van der Waals surface area (Å²) < 4.78 is 35.7. The van der Waals surface area contributed by atoms with Gasteiger partial charge in [-0.2, -0.15) is 8.78 Å². The summed E-state index contributed by atoms with van der Waals surface area (Å²) in [6, 6.07) is 11.1. The summed E-state index contributed by atoms with van der Waals surface area (Å²) in [5.41, 5.74) is 1.13. The molecule has 1 atom stereocenters. The summed E-state index contributed by atoms with van der Waals surface area (Å²) in [6.45, 7) is -2.30. The Hall–Kier alpha value is -2.68. The van der Waals surface area contributed by atoms with E-state index >= 15 is 0 Å². The molecule has 1 aliphatic heterocycles. The molecule has 2 aromatic carbocycles. The number of hydrogen-bond donors (Lipinski definition) is 0. The molecule has 2 amide bonds.